The molecule has 0 atom stereocenters. The SMILES string of the molecule is C[n+]1cc(C(=O)O)ccc1-c1ccc(C(=O)O)c[n+]1C. The van der Waals surface area contributed by atoms with E-state index in [2.05, 4.69) is 0 Å². The molecule has 2 rings (SSSR count). The molecule has 20 heavy (non-hydrogen) atoms. The molecule has 2 aromatic rings. The maximum atomic E-state index is 10.9. The van der Waals surface area contributed by atoms with Crippen molar-refractivity contribution in [3.8, 4) is 11.4 Å². The molecule has 2 aromatic heterocycles. The number of rotatable bonds is 3. The number of nitrogens with zero attached hydrogens (tertiary/aromatic N) is 2. The average molecular weight is 274 g/mol. The first-order valence-corrected chi connectivity index (χ1v) is 5.86. The predicted molar refractivity (Wildman–Crippen MR) is 68.1 cm³/mol. The smallest absolute Gasteiger partial charge is 0.341 e. The van der Waals surface area contributed by atoms with E-state index in [1.54, 1.807) is 35.4 Å². The Morgan fingerprint density at radius 1 is 0.800 bits per heavy atom. The number of carboxylic acid groups (broad SMARTS) is 2. The zero-order valence-corrected chi connectivity index (χ0v) is 11.1. The Hall–Kier alpha value is -2.76. The van der Waals surface area contributed by atoms with Gasteiger partial charge in [0.1, 0.15) is 25.2 Å². The molecule has 0 amide bonds. The molecule has 0 aliphatic rings. The molecular weight excluding hydrogens is 260 g/mol. The fraction of sp³-hybridized carbons (Fsp3) is 0.143. The van der Waals surface area contributed by atoms with Crippen molar-refractivity contribution in [1.82, 2.24) is 0 Å². The number of aryl methyl sites for hydroxylation is 2. The van der Waals surface area contributed by atoms with Gasteiger partial charge in [-0.25, -0.2) is 9.59 Å². The van der Waals surface area contributed by atoms with Gasteiger partial charge in [0.15, 0.2) is 12.4 Å². The van der Waals surface area contributed by atoms with E-state index in [1.165, 1.54) is 24.5 Å². The fourth-order valence-corrected chi connectivity index (χ4v) is 2.00. The third-order valence-corrected chi connectivity index (χ3v) is 3.02. The highest BCUT2D eigenvalue weighted by molar-refractivity contribution is 5.87. The molecule has 0 bridgehead atoms. The third kappa shape index (κ3) is 2.49. The van der Waals surface area contributed by atoms with Gasteiger partial charge in [-0.3, -0.25) is 0 Å². The first kappa shape index (κ1) is 13.7. The van der Waals surface area contributed by atoms with Crippen molar-refractivity contribution in [2.24, 2.45) is 14.1 Å². The molecule has 0 fully saturated rings. The first-order valence-electron chi connectivity index (χ1n) is 5.86. The Labute approximate surface area is 115 Å². The zero-order valence-electron chi connectivity index (χ0n) is 11.1. The number of aromatic carboxylic acids is 2. The molecule has 2 heterocycles. The summed E-state index contributed by atoms with van der Waals surface area (Å²) in [5.74, 6) is -1.98. The summed E-state index contributed by atoms with van der Waals surface area (Å²) in [6.45, 7) is 0. The summed E-state index contributed by atoms with van der Waals surface area (Å²) in [6.07, 6.45) is 3.03. The lowest BCUT2D eigenvalue weighted by molar-refractivity contribution is -0.690. The Morgan fingerprint density at radius 2 is 1.15 bits per heavy atom. The number of aromatic nitrogens is 2. The molecule has 2 N–H and O–H groups in total. The lowest BCUT2D eigenvalue weighted by Gasteiger charge is -2.01. The molecule has 0 saturated carbocycles. The van der Waals surface area contributed by atoms with E-state index < -0.39 is 11.9 Å². The number of hydrogen-bond acceptors (Lipinski definition) is 2. The van der Waals surface area contributed by atoms with Crippen LogP contribution in [0.1, 0.15) is 20.7 Å². The maximum Gasteiger partial charge on any atom is 0.341 e. The van der Waals surface area contributed by atoms with Crippen LogP contribution in [-0.2, 0) is 14.1 Å². The van der Waals surface area contributed by atoms with Crippen LogP contribution in [0.5, 0.6) is 0 Å². The molecule has 0 aliphatic carbocycles. The second-order valence-corrected chi connectivity index (χ2v) is 4.44. The normalized spacial score (nSPS) is 10.3. The summed E-state index contributed by atoms with van der Waals surface area (Å²) >= 11 is 0. The Kier molecular flexibility index (Phi) is 3.47. The molecular formula is C14H14N2O4+2. The maximum absolute atomic E-state index is 10.9. The van der Waals surface area contributed by atoms with E-state index >= 15 is 0 Å². The molecule has 0 radical (unpaired) electrons. The predicted octanol–water partition coefficient (Wildman–Crippen LogP) is 0.399. The summed E-state index contributed by atoms with van der Waals surface area (Å²) in [6, 6.07) is 6.42. The van der Waals surface area contributed by atoms with Crippen LogP contribution < -0.4 is 9.13 Å². The van der Waals surface area contributed by atoms with Crippen LogP contribution in [0.2, 0.25) is 0 Å². The highest BCUT2D eigenvalue weighted by atomic mass is 16.4. The fourth-order valence-electron chi connectivity index (χ4n) is 2.00. The summed E-state index contributed by atoms with van der Waals surface area (Å²) in [5, 5.41) is 17.9. The molecule has 0 unspecified atom stereocenters. The molecule has 102 valence electrons. The minimum Gasteiger partial charge on any atom is -0.477 e. The molecule has 6 nitrogen and oxygen atoms in total. The standard InChI is InChI=1S/C14H12N2O4/c1-15-7-9(13(17)18)3-5-11(15)12-6-4-10(14(19)20)8-16(12)2/h3-8H,1-2H3/p+2. The van der Waals surface area contributed by atoms with Gasteiger partial charge in [-0.05, 0) is 12.1 Å². The van der Waals surface area contributed by atoms with Crippen LogP contribution in [0.3, 0.4) is 0 Å². The van der Waals surface area contributed by atoms with Gasteiger partial charge in [-0.1, -0.05) is 0 Å². The van der Waals surface area contributed by atoms with Gasteiger partial charge in [0.2, 0.25) is 0 Å². The lowest BCUT2D eigenvalue weighted by Crippen LogP contribution is -2.39. The molecule has 0 aromatic carbocycles. The lowest BCUT2D eigenvalue weighted by atomic mass is 10.1. The minimum absolute atomic E-state index is 0.195. The van der Waals surface area contributed by atoms with Crippen LogP contribution in [0.25, 0.3) is 11.4 Å². The number of pyridine rings is 2. The third-order valence-electron chi connectivity index (χ3n) is 3.02. The summed E-state index contributed by atoms with van der Waals surface area (Å²) in [7, 11) is 3.49. The largest absolute Gasteiger partial charge is 0.477 e. The van der Waals surface area contributed by atoms with Gasteiger partial charge in [-0.2, -0.15) is 9.13 Å². The molecule has 6 heteroatoms. The van der Waals surface area contributed by atoms with E-state index in [9.17, 15) is 9.59 Å². The molecule has 0 spiro atoms. The minimum atomic E-state index is -0.988. The summed E-state index contributed by atoms with van der Waals surface area (Å²) < 4.78 is 3.39. The van der Waals surface area contributed by atoms with E-state index in [0.717, 1.165) is 11.4 Å². The number of carbonyl (C=O) groups is 2. The van der Waals surface area contributed by atoms with Gasteiger partial charge in [-0.15, -0.1) is 0 Å². The van der Waals surface area contributed by atoms with Crippen molar-refractivity contribution in [2.45, 2.75) is 0 Å². The van der Waals surface area contributed by atoms with E-state index in [4.69, 9.17) is 10.2 Å². The van der Waals surface area contributed by atoms with Gasteiger partial charge in [0.05, 0.1) is 0 Å². The quantitative estimate of drug-likeness (QED) is 0.794. The van der Waals surface area contributed by atoms with Crippen LogP contribution in [0, 0.1) is 0 Å². The zero-order chi connectivity index (χ0) is 14.9. The van der Waals surface area contributed by atoms with Crippen molar-refractivity contribution in [1.29, 1.82) is 0 Å². The van der Waals surface area contributed by atoms with Crippen molar-refractivity contribution in [3.63, 3.8) is 0 Å². The van der Waals surface area contributed by atoms with E-state index in [0.29, 0.717) is 0 Å². The molecule has 0 aliphatic heterocycles. The van der Waals surface area contributed by atoms with Crippen molar-refractivity contribution in [2.75, 3.05) is 0 Å². The Balaban J connectivity index is 2.52. The van der Waals surface area contributed by atoms with Crippen molar-refractivity contribution >= 4 is 11.9 Å². The topological polar surface area (TPSA) is 82.4 Å². The van der Waals surface area contributed by atoms with Gasteiger partial charge >= 0.3 is 11.9 Å². The monoisotopic (exact) mass is 274 g/mol. The Bertz CT molecular complexity index is 649. The van der Waals surface area contributed by atoms with Crippen LogP contribution in [0.4, 0.5) is 0 Å². The second-order valence-electron chi connectivity index (χ2n) is 4.44. The number of hydrogen-bond donors (Lipinski definition) is 2. The van der Waals surface area contributed by atoms with Gasteiger partial charge in [0.25, 0.3) is 11.4 Å². The highest BCUT2D eigenvalue weighted by Crippen LogP contribution is 2.12. The van der Waals surface area contributed by atoms with E-state index in [-0.39, 0.29) is 11.1 Å². The second kappa shape index (κ2) is 5.08. The Morgan fingerprint density at radius 3 is 1.40 bits per heavy atom. The summed E-state index contributed by atoms with van der Waals surface area (Å²) in [4.78, 5) is 21.8. The van der Waals surface area contributed by atoms with E-state index in [1.807, 2.05) is 0 Å². The van der Waals surface area contributed by atoms with Gasteiger partial charge in [0, 0.05) is 12.1 Å². The average Bonchev–Trinajstić information content (AvgIpc) is 2.38. The number of carboxylic acids is 2. The first-order chi connectivity index (χ1) is 9.40. The molecule has 0 saturated heterocycles. The van der Waals surface area contributed by atoms with Crippen molar-refractivity contribution in [3.05, 3.63) is 47.8 Å². The van der Waals surface area contributed by atoms with Crippen LogP contribution in [-0.4, -0.2) is 22.2 Å². The van der Waals surface area contributed by atoms with Crippen LogP contribution in [0.15, 0.2) is 36.7 Å². The van der Waals surface area contributed by atoms with Crippen LogP contribution >= 0.6 is 0 Å². The highest BCUT2D eigenvalue weighted by Gasteiger charge is 2.22. The van der Waals surface area contributed by atoms with Gasteiger partial charge < -0.3 is 10.2 Å². The van der Waals surface area contributed by atoms with Crippen molar-refractivity contribution < 1.29 is 28.9 Å². The summed E-state index contributed by atoms with van der Waals surface area (Å²) in [5.41, 5.74) is 1.96.